The fourth-order valence-electron chi connectivity index (χ4n) is 3.43. The molecule has 0 aromatic heterocycles. The number of carbonyl (C=O) groups excluding carboxylic acids is 1. The Morgan fingerprint density at radius 2 is 1.87 bits per heavy atom. The van der Waals surface area contributed by atoms with Crippen molar-refractivity contribution in [3.05, 3.63) is 0 Å². The maximum absolute atomic E-state index is 11.9. The van der Waals surface area contributed by atoms with Crippen LogP contribution in [0.4, 0.5) is 4.79 Å². The van der Waals surface area contributed by atoms with Gasteiger partial charge in [0.2, 0.25) is 0 Å². The maximum atomic E-state index is 11.9. The maximum Gasteiger partial charge on any atom is 0.407 e. The van der Waals surface area contributed by atoms with Crippen LogP contribution in [0.1, 0.15) is 66.2 Å². The van der Waals surface area contributed by atoms with Crippen LogP contribution >= 0.6 is 0 Å². The van der Waals surface area contributed by atoms with Crippen LogP contribution in [-0.2, 0) is 4.74 Å². The minimum atomic E-state index is -0.428. The summed E-state index contributed by atoms with van der Waals surface area (Å²) in [4.78, 5) is 14.5. The average molecular weight is 325 g/mol. The highest BCUT2D eigenvalue weighted by atomic mass is 16.6. The molecule has 134 valence electrons. The third-order valence-corrected chi connectivity index (χ3v) is 4.70. The SMILES string of the molecule is CCN(CCNC1CCCC(NC(=O)OC(C)(C)C)C1)C1CC1. The lowest BCUT2D eigenvalue weighted by Crippen LogP contribution is -2.47. The van der Waals surface area contributed by atoms with Gasteiger partial charge in [-0.2, -0.15) is 0 Å². The average Bonchev–Trinajstić information content (AvgIpc) is 3.26. The van der Waals surface area contributed by atoms with Gasteiger partial charge in [-0.15, -0.1) is 0 Å². The molecular weight excluding hydrogens is 290 g/mol. The van der Waals surface area contributed by atoms with E-state index in [2.05, 4.69) is 22.5 Å². The van der Waals surface area contributed by atoms with E-state index < -0.39 is 5.60 Å². The van der Waals surface area contributed by atoms with Gasteiger partial charge in [-0.3, -0.25) is 4.90 Å². The van der Waals surface area contributed by atoms with E-state index in [0.717, 1.165) is 44.9 Å². The van der Waals surface area contributed by atoms with Gasteiger partial charge in [-0.05, 0) is 65.8 Å². The predicted octanol–water partition coefficient (Wildman–Crippen LogP) is 2.90. The van der Waals surface area contributed by atoms with Crippen molar-refractivity contribution in [1.29, 1.82) is 0 Å². The number of carbonyl (C=O) groups is 1. The third-order valence-electron chi connectivity index (χ3n) is 4.70. The topological polar surface area (TPSA) is 53.6 Å². The van der Waals surface area contributed by atoms with E-state index in [-0.39, 0.29) is 12.1 Å². The smallest absolute Gasteiger partial charge is 0.407 e. The number of hydrogen-bond donors (Lipinski definition) is 2. The van der Waals surface area contributed by atoms with Crippen LogP contribution in [0.5, 0.6) is 0 Å². The third kappa shape index (κ3) is 7.08. The number of likely N-dealkylation sites (N-methyl/N-ethyl adjacent to an activating group) is 1. The Bertz CT molecular complexity index is 377. The number of ether oxygens (including phenoxy) is 1. The number of rotatable bonds is 7. The molecule has 0 aromatic carbocycles. The Morgan fingerprint density at radius 1 is 1.17 bits per heavy atom. The van der Waals surface area contributed by atoms with Crippen LogP contribution in [0.15, 0.2) is 0 Å². The number of nitrogens with zero attached hydrogens (tertiary/aromatic N) is 1. The van der Waals surface area contributed by atoms with Crippen molar-refractivity contribution >= 4 is 6.09 Å². The van der Waals surface area contributed by atoms with Gasteiger partial charge in [-0.25, -0.2) is 4.79 Å². The fraction of sp³-hybridized carbons (Fsp3) is 0.944. The quantitative estimate of drug-likeness (QED) is 0.756. The second-order valence-electron chi connectivity index (χ2n) is 8.02. The van der Waals surface area contributed by atoms with E-state index >= 15 is 0 Å². The van der Waals surface area contributed by atoms with Crippen LogP contribution in [0.3, 0.4) is 0 Å². The van der Waals surface area contributed by atoms with Crippen LogP contribution in [-0.4, -0.2) is 54.4 Å². The number of alkyl carbamates (subject to hydrolysis) is 1. The highest BCUT2D eigenvalue weighted by Crippen LogP contribution is 2.26. The minimum Gasteiger partial charge on any atom is -0.444 e. The first-order valence-corrected chi connectivity index (χ1v) is 9.34. The van der Waals surface area contributed by atoms with E-state index in [0.29, 0.717) is 6.04 Å². The minimum absolute atomic E-state index is 0.238. The Hall–Kier alpha value is -0.810. The molecule has 2 rings (SSSR count). The van der Waals surface area contributed by atoms with E-state index in [1.807, 2.05) is 20.8 Å². The summed E-state index contributed by atoms with van der Waals surface area (Å²) >= 11 is 0. The van der Waals surface area contributed by atoms with Crippen molar-refractivity contribution in [2.75, 3.05) is 19.6 Å². The lowest BCUT2D eigenvalue weighted by molar-refractivity contribution is 0.0488. The Morgan fingerprint density at radius 3 is 2.48 bits per heavy atom. The van der Waals surface area contributed by atoms with Gasteiger partial charge in [-0.1, -0.05) is 6.92 Å². The Balaban J connectivity index is 1.65. The van der Waals surface area contributed by atoms with Crippen LogP contribution < -0.4 is 10.6 Å². The largest absolute Gasteiger partial charge is 0.444 e. The Labute approximate surface area is 141 Å². The first-order chi connectivity index (χ1) is 10.9. The molecule has 5 nitrogen and oxygen atoms in total. The van der Waals surface area contributed by atoms with Gasteiger partial charge in [0, 0.05) is 31.2 Å². The van der Waals surface area contributed by atoms with E-state index in [1.54, 1.807) is 0 Å². The molecule has 23 heavy (non-hydrogen) atoms. The lowest BCUT2D eigenvalue weighted by atomic mass is 9.91. The van der Waals surface area contributed by atoms with Crippen molar-refractivity contribution in [2.24, 2.45) is 0 Å². The van der Waals surface area contributed by atoms with Gasteiger partial charge >= 0.3 is 6.09 Å². The van der Waals surface area contributed by atoms with Crippen molar-refractivity contribution in [2.45, 2.75) is 89.9 Å². The molecule has 2 aliphatic carbocycles. The number of amides is 1. The van der Waals surface area contributed by atoms with Gasteiger partial charge < -0.3 is 15.4 Å². The summed E-state index contributed by atoms with van der Waals surface area (Å²) in [6.45, 7) is 11.3. The molecule has 0 radical (unpaired) electrons. The molecule has 2 N–H and O–H groups in total. The van der Waals surface area contributed by atoms with Crippen LogP contribution in [0.2, 0.25) is 0 Å². The van der Waals surface area contributed by atoms with Crippen molar-refractivity contribution < 1.29 is 9.53 Å². The molecule has 0 spiro atoms. The monoisotopic (exact) mass is 325 g/mol. The van der Waals surface area contributed by atoms with Gasteiger partial charge in [0.1, 0.15) is 5.60 Å². The highest BCUT2D eigenvalue weighted by molar-refractivity contribution is 5.68. The molecule has 0 saturated heterocycles. The molecule has 2 saturated carbocycles. The van der Waals surface area contributed by atoms with Crippen LogP contribution in [0.25, 0.3) is 0 Å². The molecule has 0 aliphatic heterocycles. The van der Waals surface area contributed by atoms with Crippen molar-refractivity contribution in [3.8, 4) is 0 Å². The molecule has 2 aliphatic rings. The Kier molecular flexibility index (Phi) is 6.72. The molecule has 2 fully saturated rings. The van der Waals surface area contributed by atoms with Crippen molar-refractivity contribution in [3.63, 3.8) is 0 Å². The zero-order valence-corrected chi connectivity index (χ0v) is 15.4. The van der Waals surface area contributed by atoms with E-state index in [9.17, 15) is 4.79 Å². The summed E-state index contributed by atoms with van der Waals surface area (Å²) in [5.74, 6) is 0. The van der Waals surface area contributed by atoms with Gasteiger partial charge in [0.05, 0.1) is 0 Å². The van der Waals surface area contributed by atoms with Gasteiger partial charge in [0.25, 0.3) is 0 Å². The summed E-state index contributed by atoms with van der Waals surface area (Å²) in [5, 5.41) is 6.72. The first-order valence-electron chi connectivity index (χ1n) is 9.34. The summed E-state index contributed by atoms with van der Waals surface area (Å²) in [6, 6.07) is 1.60. The second kappa shape index (κ2) is 8.34. The summed E-state index contributed by atoms with van der Waals surface area (Å²) in [7, 11) is 0. The summed E-state index contributed by atoms with van der Waals surface area (Å²) < 4.78 is 5.36. The fourth-order valence-corrected chi connectivity index (χ4v) is 3.43. The predicted molar refractivity (Wildman–Crippen MR) is 93.7 cm³/mol. The lowest BCUT2D eigenvalue weighted by Gasteiger charge is -2.32. The second-order valence-corrected chi connectivity index (χ2v) is 8.02. The molecule has 1 amide bonds. The normalized spacial score (nSPS) is 25.4. The first kappa shape index (κ1) is 18.5. The van der Waals surface area contributed by atoms with E-state index in [4.69, 9.17) is 4.74 Å². The molecular formula is C18H35N3O2. The van der Waals surface area contributed by atoms with Crippen molar-refractivity contribution in [1.82, 2.24) is 15.5 Å². The number of nitrogens with one attached hydrogen (secondary N) is 2. The standard InChI is InChI=1S/C18H35N3O2/c1-5-21(16-9-10-16)12-11-19-14-7-6-8-15(13-14)20-17(22)23-18(2,3)4/h14-16,19H,5-13H2,1-4H3,(H,20,22). The molecule has 2 atom stereocenters. The molecule has 0 heterocycles. The molecule has 2 unspecified atom stereocenters. The molecule has 5 heteroatoms. The summed E-state index contributed by atoms with van der Waals surface area (Å²) in [5.41, 5.74) is -0.428. The molecule has 0 aromatic rings. The number of hydrogen-bond acceptors (Lipinski definition) is 4. The zero-order chi connectivity index (χ0) is 16.9. The van der Waals surface area contributed by atoms with Gasteiger partial charge in [0.15, 0.2) is 0 Å². The highest BCUT2D eigenvalue weighted by Gasteiger charge is 2.28. The summed E-state index contributed by atoms with van der Waals surface area (Å²) in [6.07, 6.45) is 6.91. The van der Waals surface area contributed by atoms with E-state index in [1.165, 1.54) is 19.3 Å². The molecule has 0 bridgehead atoms. The van der Waals surface area contributed by atoms with Crippen LogP contribution in [0, 0.1) is 0 Å². The zero-order valence-electron chi connectivity index (χ0n) is 15.4.